The van der Waals surface area contributed by atoms with E-state index in [2.05, 4.69) is 5.32 Å². The Labute approximate surface area is 127 Å². The van der Waals surface area contributed by atoms with Gasteiger partial charge >= 0.3 is 0 Å². The standard InChI is InChI=1S/C14H23ClN2O2S/c1-5-16-10-11(2)20(18,19)17(4)12(3)13-6-8-14(15)9-7-13/h6-9,11-12,16H,5,10H2,1-4H3. The Hall–Kier alpha value is -0.620. The Morgan fingerprint density at radius 1 is 1.25 bits per heavy atom. The molecule has 0 saturated carbocycles. The zero-order valence-electron chi connectivity index (χ0n) is 12.4. The first kappa shape index (κ1) is 17.4. The Bertz CT molecular complexity index is 516. The molecule has 1 aromatic rings. The minimum atomic E-state index is -3.33. The SMILES string of the molecule is CCNCC(C)S(=O)(=O)N(C)C(C)c1ccc(Cl)cc1. The molecule has 2 atom stereocenters. The monoisotopic (exact) mass is 318 g/mol. The highest BCUT2D eigenvalue weighted by Crippen LogP contribution is 2.24. The smallest absolute Gasteiger partial charge is 0.218 e. The van der Waals surface area contributed by atoms with Crippen LogP contribution in [0.3, 0.4) is 0 Å². The van der Waals surface area contributed by atoms with E-state index in [0.717, 1.165) is 12.1 Å². The van der Waals surface area contributed by atoms with Crippen LogP contribution in [0.1, 0.15) is 32.4 Å². The first-order valence-electron chi connectivity index (χ1n) is 6.73. The summed E-state index contributed by atoms with van der Waals surface area (Å²) in [6, 6.07) is 7.04. The maximum atomic E-state index is 12.5. The van der Waals surface area contributed by atoms with Crippen molar-refractivity contribution in [2.75, 3.05) is 20.1 Å². The Balaban J connectivity index is 2.86. The number of rotatable bonds is 7. The fourth-order valence-corrected chi connectivity index (χ4v) is 3.49. The third kappa shape index (κ3) is 4.19. The van der Waals surface area contributed by atoms with Crippen molar-refractivity contribution in [2.45, 2.75) is 32.1 Å². The van der Waals surface area contributed by atoms with E-state index in [-0.39, 0.29) is 6.04 Å². The van der Waals surface area contributed by atoms with Crippen molar-refractivity contribution < 1.29 is 8.42 Å². The van der Waals surface area contributed by atoms with Crippen LogP contribution in [0.5, 0.6) is 0 Å². The van der Waals surface area contributed by atoms with Gasteiger partial charge in [0.25, 0.3) is 0 Å². The molecule has 0 aliphatic carbocycles. The van der Waals surface area contributed by atoms with Crippen molar-refractivity contribution in [3.05, 3.63) is 34.9 Å². The number of halogens is 1. The summed E-state index contributed by atoms with van der Waals surface area (Å²) >= 11 is 5.85. The number of hydrogen-bond donors (Lipinski definition) is 1. The molecule has 0 bridgehead atoms. The Morgan fingerprint density at radius 2 is 1.80 bits per heavy atom. The number of hydrogen-bond acceptors (Lipinski definition) is 3. The summed E-state index contributed by atoms with van der Waals surface area (Å²) in [5, 5.41) is 3.26. The van der Waals surface area contributed by atoms with Gasteiger partial charge < -0.3 is 5.32 Å². The first-order valence-corrected chi connectivity index (χ1v) is 8.61. The zero-order chi connectivity index (χ0) is 15.3. The van der Waals surface area contributed by atoms with E-state index in [0.29, 0.717) is 11.6 Å². The Morgan fingerprint density at radius 3 is 2.30 bits per heavy atom. The van der Waals surface area contributed by atoms with Crippen LogP contribution in [0.2, 0.25) is 5.02 Å². The summed E-state index contributed by atoms with van der Waals surface area (Å²) in [5.74, 6) is 0. The summed E-state index contributed by atoms with van der Waals surface area (Å²) in [7, 11) is -1.71. The average molecular weight is 319 g/mol. The zero-order valence-corrected chi connectivity index (χ0v) is 14.0. The van der Waals surface area contributed by atoms with Crippen molar-refractivity contribution in [1.29, 1.82) is 0 Å². The second-order valence-electron chi connectivity index (χ2n) is 4.91. The number of nitrogens with one attached hydrogen (secondary N) is 1. The average Bonchev–Trinajstić information content (AvgIpc) is 2.43. The molecule has 0 aliphatic heterocycles. The molecule has 0 saturated heterocycles. The number of benzene rings is 1. The van der Waals surface area contributed by atoms with Gasteiger partial charge in [-0.2, -0.15) is 4.31 Å². The van der Waals surface area contributed by atoms with Gasteiger partial charge in [0.2, 0.25) is 10.0 Å². The lowest BCUT2D eigenvalue weighted by atomic mass is 10.1. The van der Waals surface area contributed by atoms with Crippen LogP contribution < -0.4 is 5.32 Å². The molecule has 114 valence electrons. The third-order valence-corrected chi connectivity index (χ3v) is 6.04. The summed E-state index contributed by atoms with van der Waals surface area (Å²) in [6.45, 7) is 6.77. The van der Waals surface area contributed by atoms with Crippen molar-refractivity contribution in [3.8, 4) is 0 Å². The number of sulfonamides is 1. The van der Waals surface area contributed by atoms with Gasteiger partial charge in [-0.15, -0.1) is 0 Å². The fraction of sp³-hybridized carbons (Fsp3) is 0.571. The lowest BCUT2D eigenvalue weighted by Gasteiger charge is -2.28. The lowest BCUT2D eigenvalue weighted by Crippen LogP contribution is -2.41. The highest BCUT2D eigenvalue weighted by Gasteiger charge is 2.29. The molecule has 0 radical (unpaired) electrons. The molecule has 0 fully saturated rings. The molecule has 0 heterocycles. The maximum Gasteiger partial charge on any atom is 0.218 e. The van der Waals surface area contributed by atoms with Gasteiger partial charge in [0.15, 0.2) is 0 Å². The molecule has 0 aliphatic rings. The number of nitrogens with zero attached hydrogens (tertiary/aromatic N) is 1. The molecule has 1 rings (SSSR count). The van der Waals surface area contributed by atoms with Crippen molar-refractivity contribution in [1.82, 2.24) is 9.62 Å². The fourth-order valence-electron chi connectivity index (χ4n) is 1.91. The minimum absolute atomic E-state index is 0.221. The molecule has 2 unspecified atom stereocenters. The highest BCUT2D eigenvalue weighted by molar-refractivity contribution is 7.89. The van der Waals surface area contributed by atoms with Crippen LogP contribution in [-0.2, 0) is 10.0 Å². The molecule has 6 heteroatoms. The van der Waals surface area contributed by atoms with E-state index in [1.165, 1.54) is 4.31 Å². The van der Waals surface area contributed by atoms with E-state index >= 15 is 0 Å². The molecule has 0 spiro atoms. The van der Waals surface area contributed by atoms with Gasteiger partial charge in [0.05, 0.1) is 5.25 Å². The molecular formula is C14H23ClN2O2S. The predicted molar refractivity (Wildman–Crippen MR) is 84.6 cm³/mol. The van der Waals surface area contributed by atoms with E-state index in [1.54, 1.807) is 26.1 Å². The summed E-state index contributed by atoms with van der Waals surface area (Å²) in [6.07, 6.45) is 0. The third-order valence-electron chi connectivity index (χ3n) is 3.49. The van der Waals surface area contributed by atoms with Gasteiger partial charge in [-0.1, -0.05) is 30.7 Å². The van der Waals surface area contributed by atoms with Crippen molar-refractivity contribution in [3.63, 3.8) is 0 Å². The van der Waals surface area contributed by atoms with E-state index in [1.807, 2.05) is 26.0 Å². The van der Waals surface area contributed by atoms with Crippen LogP contribution >= 0.6 is 11.6 Å². The van der Waals surface area contributed by atoms with Crippen LogP contribution in [-0.4, -0.2) is 38.1 Å². The second-order valence-corrected chi connectivity index (χ2v) is 7.75. The van der Waals surface area contributed by atoms with Crippen molar-refractivity contribution in [2.24, 2.45) is 0 Å². The molecule has 4 nitrogen and oxygen atoms in total. The maximum absolute atomic E-state index is 12.5. The van der Waals surface area contributed by atoms with E-state index in [4.69, 9.17) is 11.6 Å². The normalized spacial score (nSPS) is 15.3. The predicted octanol–water partition coefficient (Wildman–Crippen LogP) is 2.66. The quantitative estimate of drug-likeness (QED) is 0.841. The molecule has 20 heavy (non-hydrogen) atoms. The van der Waals surface area contributed by atoms with Gasteiger partial charge in [-0.3, -0.25) is 0 Å². The van der Waals surface area contributed by atoms with Gasteiger partial charge in [0.1, 0.15) is 0 Å². The Kier molecular flexibility index (Phi) is 6.45. The van der Waals surface area contributed by atoms with Crippen molar-refractivity contribution >= 4 is 21.6 Å². The molecule has 0 aromatic heterocycles. The largest absolute Gasteiger partial charge is 0.316 e. The van der Waals surface area contributed by atoms with Gasteiger partial charge in [-0.05, 0) is 38.1 Å². The van der Waals surface area contributed by atoms with Gasteiger partial charge in [0, 0.05) is 24.7 Å². The first-order chi connectivity index (χ1) is 9.30. The van der Waals surface area contributed by atoms with Crippen LogP contribution in [0.15, 0.2) is 24.3 Å². The molecule has 0 amide bonds. The lowest BCUT2D eigenvalue weighted by molar-refractivity contribution is 0.391. The van der Waals surface area contributed by atoms with Crippen LogP contribution in [0.25, 0.3) is 0 Å². The van der Waals surface area contributed by atoms with Gasteiger partial charge in [-0.25, -0.2) is 8.42 Å². The van der Waals surface area contributed by atoms with Crippen LogP contribution in [0.4, 0.5) is 0 Å². The topological polar surface area (TPSA) is 49.4 Å². The molecule has 1 N–H and O–H groups in total. The highest BCUT2D eigenvalue weighted by atomic mass is 35.5. The summed E-state index contributed by atoms with van der Waals surface area (Å²) < 4.78 is 26.4. The summed E-state index contributed by atoms with van der Waals surface area (Å²) in [4.78, 5) is 0. The van der Waals surface area contributed by atoms with E-state index < -0.39 is 15.3 Å². The second kappa shape index (κ2) is 7.41. The van der Waals surface area contributed by atoms with Crippen LogP contribution in [0, 0.1) is 0 Å². The minimum Gasteiger partial charge on any atom is -0.316 e. The summed E-state index contributed by atoms with van der Waals surface area (Å²) in [5.41, 5.74) is 0.927. The molecular weight excluding hydrogens is 296 g/mol. The molecule has 1 aromatic carbocycles. The van der Waals surface area contributed by atoms with E-state index in [9.17, 15) is 8.42 Å².